The summed E-state index contributed by atoms with van der Waals surface area (Å²) in [5, 5.41) is 5.52. The van der Waals surface area contributed by atoms with Crippen molar-refractivity contribution >= 4 is 17.2 Å². The summed E-state index contributed by atoms with van der Waals surface area (Å²) in [5.74, 6) is 0.187. The molecule has 0 spiro atoms. The first-order valence-electron chi connectivity index (χ1n) is 5.18. The van der Waals surface area contributed by atoms with Crippen LogP contribution in [0.25, 0.3) is 0 Å². The van der Waals surface area contributed by atoms with Gasteiger partial charge in [0.2, 0.25) is 5.91 Å². The number of hydrogen-bond acceptors (Lipinski definition) is 3. The van der Waals surface area contributed by atoms with Crippen LogP contribution in [0.2, 0.25) is 0 Å². The number of thiophene rings is 1. The zero-order valence-corrected chi connectivity index (χ0v) is 9.93. The standard InChI is InChI=1S/C11H16N2OS/c1-13(2)11(14)7-9-8-4-6-15-10(8)3-5-12-9/h4,6,9,12H,3,5,7H2,1-2H3. The van der Waals surface area contributed by atoms with E-state index >= 15 is 0 Å². The number of carbonyl (C=O) groups excluding carboxylic acids is 1. The van der Waals surface area contributed by atoms with E-state index < -0.39 is 0 Å². The van der Waals surface area contributed by atoms with Crippen molar-refractivity contribution in [2.75, 3.05) is 20.6 Å². The van der Waals surface area contributed by atoms with Crippen molar-refractivity contribution in [3.63, 3.8) is 0 Å². The van der Waals surface area contributed by atoms with Gasteiger partial charge in [-0.25, -0.2) is 0 Å². The lowest BCUT2D eigenvalue weighted by molar-refractivity contribution is -0.129. The Morgan fingerprint density at radius 2 is 2.47 bits per heavy atom. The van der Waals surface area contributed by atoms with E-state index in [0.29, 0.717) is 6.42 Å². The van der Waals surface area contributed by atoms with Gasteiger partial charge in [0, 0.05) is 38.0 Å². The first kappa shape index (κ1) is 10.6. The smallest absolute Gasteiger partial charge is 0.223 e. The minimum Gasteiger partial charge on any atom is -0.349 e. The van der Waals surface area contributed by atoms with Crippen LogP contribution in [-0.2, 0) is 11.2 Å². The summed E-state index contributed by atoms with van der Waals surface area (Å²) in [6.45, 7) is 0.985. The minimum atomic E-state index is 0.187. The molecule has 1 amide bonds. The van der Waals surface area contributed by atoms with Crippen molar-refractivity contribution < 1.29 is 4.79 Å². The summed E-state index contributed by atoms with van der Waals surface area (Å²) >= 11 is 1.80. The fourth-order valence-corrected chi connectivity index (χ4v) is 2.82. The first-order valence-corrected chi connectivity index (χ1v) is 6.06. The predicted octanol–water partition coefficient (Wildman–Crippen LogP) is 1.41. The second-order valence-corrected chi connectivity index (χ2v) is 5.05. The van der Waals surface area contributed by atoms with E-state index in [-0.39, 0.29) is 11.9 Å². The Hall–Kier alpha value is -0.870. The summed E-state index contributed by atoms with van der Waals surface area (Å²) in [5.41, 5.74) is 1.32. The maximum Gasteiger partial charge on any atom is 0.223 e. The number of carbonyl (C=O) groups is 1. The Morgan fingerprint density at radius 3 is 3.20 bits per heavy atom. The third kappa shape index (κ3) is 2.21. The van der Waals surface area contributed by atoms with E-state index in [1.807, 2.05) is 0 Å². The van der Waals surface area contributed by atoms with Gasteiger partial charge in [-0.3, -0.25) is 4.79 Å². The van der Waals surface area contributed by atoms with Crippen LogP contribution in [0.5, 0.6) is 0 Å². The normalized spacial score (nSPS) is 19.7. The minimum absolute atomic E-state index is 0.187. The molecule has 4 heteroatoms. The van der Waals surface area contributed by atoms with Crippen LogP contribution in [-0.4, -0.2) is 31.4 Å². The molecule has 1 atom stereocenters. The van der Waals surface area contributed by atoms with Gasteiger partial charge in [0.1, 0.15) is 0 Å². The molecule has 1 N–H and O–H groups in total. The topological polar surface area (TPSA) is 32.3 Å². The second kappa shape index (κ2) is 4.33. The predicted molar refractivity (Wildman–Crippen MR) is 62.1 cm³/mol. The Bertz CT molecular complexity index is 359. The van der Waals surface area contributed by atoms with Crippen LogP contribution in [0.1, 0.15) is 22.9 Å². The molecule has 1 aromatic rings. The quantitative estimate of drug-likeness (QED) is 0.824. The molecule has 3 nitrogen and oxygen atoms in total. The largest absolute Gasteiger partial charge is 0.349 e. The van der Waals surface area contributed by atoms with Crippen molar-refractivity contribution in [3.8, 4) is 0 Å². The summed E-state index contributed by atoms with van der Waals surface area (Å²) < 4.78 is 0. The molecule has 0 aromatic carbocycles. The van der Waals surface area contributed by atoms with Crippen LogP contribution in [0, 0.1) is 0 Å². The van der Waals surface area contributed by atoms with Crippen LogP contribution >= 0.6 is 11.3 Å². The average molecular weight is 224 g/mol. The summed E-state index contributed by atoms with van der Waals surface area (Å²) in [6, 6.07) is 2.36. The molecular weight excluding hydrogens is 208 g/mol. The molecule has 0 saturated heterocycles. The average Bonchev–Trinajstić information content (AvgIpc) is 2.66. The molecule has 2 rings (SSSR count). The number of nitrogens with zero attached hydrogens (tertiary/aromatic N) is 1. The van der Waals surface area contributed by atoms with Crippen molar-refractivity contribution in [2.24, 2.45) is 0 Å². The molecule has 0 bridgehead atoms. The molecular formula is C11H16N2OS. The first-order chi connectivity index (χ1) is 7.18. The van der Waals surface area contributed by atoms with Gasteiger partial charge < -0.3 is 10.2 Å². The Balaban J connectivity index is 2.10. The van der Waals surface area contributed by atoms with Crippen molar-refractivity contribution in [2.45, 2.75) is 18.9 Å². The van der Waals surface area contributed by atoms with Crippen LogP contribution in [0.15, 0.2) is 11.4 Å². The monoisotopic (exact) mass is 224 g/mol. The summed E-state index contributed by atoms with van der Waals surface area (Å²) in [4.78, 5) is 14.7. The van der Waals surface area contributed by atoms with Crippen LogP contribution < -0.4 is 5.32 Å². The maximum atomic E-state index is 11.6. The highest BCUT2D eigenvalue weighted by Gasteiger charge is 2.23. The van der Waals surface area contributed by atoms with Gasteiger partial charge in [-0.1, -0.05) is 0 Å². The van der Waals surface area contributed by atoms with E-state index in [2.05, 4.69) is 16.8 Å². The van der Waals surface area contributed by atoms with E-state index in [1.54, 1.807) is 30.3 Å². The third-order valence-electron chi connectivity index (χ3n) is 2.78. The fourth-order valence-electron chi connectivity index (χ4n) is 1.87. The fraction of sp³-hybridized carbons (Fsp3) is 0.545. The highest BCUT2D eigenvalue weighted by atomic mass is 32.1. The van der Waals surface area contributed by atoms with E-state index in [0.717, 1.165) is 13.0 Å². The molecule has 1 aliphatic rings. The van der Waals surface area contributed by atoms with Gasteiger partial charge in [-0.15, -0.1) is 11.3 Å². The lowest BCUT2D eigenvalue weighted by Gasteiger charge is -2.24. The van der Waals surface area contributed by atoms with Crippen LogP contribution in [0.4, 0.5) is 0 Å². The Kier molecular flexibility index (Phi) is 3.07. The molecule has 0 saturated carbocycles. The number of fused-ring (bicyclic) bond motifs is 1. The number of nitrogens with one attached hydrogen (secondary N) is 1. The molecule has 1 unspecified atom stereocenters. The zero-order chi connectivity index (χ0) is 10.8. The highest BCUT2D eigenvalue weighted by Crippen LogP contribution is 2.29. The molecule has 82 valence electrons. The van der Waals surface area contributed by atoms with Crippen molar-refractivity contribution in [3.05, 3.63) is 21.9 Å². The SMILES string of the molecule is CN(C)C(=O)CC1NCCc2sccc21. The second-order valence-electron chi connectivity index (χ2n) is 4.05. The van der Waals surface area contributed by atoms with Gasteiger partial charge in [-0.05, 0) is 23.4 Å². The molecule has 1 aromatic heterocycles. The van der Waals surface area contributed by atoms with Gasteiger partial charge in [0.25, 0.3) is 0 Å². The van der Waals surface area contributed by atoms with Crippen molar-refractivity contribution in [1.29, 1.82) is 0 Å². The lowest BCUT2D eigenvalue weighted by Crippen LogP contribution is -2.33. The van der Waals surface area contributed by atoms with Crippen LogP contribution in [0.3, 0.4) is 0 Å². The molecule has 0 fully saturated rings. The molecule has 2 heterocycles. The van der Waals surface area contributed by atoms with Gasteiger partial charge >= 0.3 is 0 Å². The zero-order valence-electron chi connectivity index (χ0n) is 9.12. The number of hydrogen-bond donors (Lipinski definition) is 1. The molecule has 15 heavy (non-hydrogen) atoms. The molecule has 0 radical (unpaired) electrons. The summed E-state index contributed by atoms with van der Waals surface area (Å²) in [7, 11) is 3.61. The van der Waals surface area contributed by atoms with E-state index in [4.69, 9.17) is 0 Å². The van der Waals surface area contributed by atoms with E-state index in [9.17, 15) is 4.79 Å². The van der Waals surface area contributed by atoms with Crippen molar-refractivity contribution in [1.82, 2.24) is 10.2 Å². The summed E-state index contributed by atoms with van der Waals surface area (Å²) in [6.07, 6.45) is 1.66. The molecule has 0 aliphatic carbocycles. The third-order valence-corrected chi connectivity index (χ3v) is 3.77. The van der Waals surface area contributed by atoms with Gasteiger partial charge in [-0.2, -0.15) is 0 Å². The lowest BCUT2D eigenvalue weighted by atomic mass is 9.99. The van der Waals surface area contributed by atoms with Gasteiger partial charge in [0.15, 0.2) is 0 Å². The maximum absolute atomic E-state index is 11.6. The highest BCUT2D eigenvalue weighted by molar-refractivity contribution is 7.10. The Labute approximate surface area is 94.1 Å². The molecule has 1 aliphatic heterocycles. The number of amides is 1. The van der Waals surface area contributed by atoms with E-state index in [1.165, 1.54) is 10.4 Å². The Morgan fingerprint density at radius 1 is 1.67 bits per heavy atom. The van der Waals surface area contributed by atoms with Gasteiger partial charge in [0.05, 0.1) is 0 Å². The number of rotatable bonds is 2.